The van der Waals surface area contributed by atoms with Gasteiger partial charge in [-0.3, -0.25) is 14.7 Å². The van der Waals surface area contributed by atoms with Gasteiger partial charge < -0.3 is 9.73 Å². The van der Waals surface area contributed by atoms with Gasteiger partial charge >= 0.3 is 0 Å². The normalized spacial score (nSPS) is 14.1. The number of anilines is 1. The Morgan fingerprint density at radius 2 is 2.00 bits per heavy atom. The number of nitrogens with one attached hydrogen (secondary N) is 1. The molecule has 0 fully saturated rings. The molecule has 114 valence electrons. The molecule has 22 heavy (non-hydrogen) atoms. The largest absolute Gasteiger partial charge is 0.456 e. The number of nitrogens with zero attached hydrogens (tertiary/aromatic N) is 2. The molecule has 0 unspecified atom stereocenters. The molecule has 1 aromatic heterocycles. The highest BCUT2D eigenvalue weighted by Gasteiger charge is 2.27. The SMILES string of the molecule is Cc1ccc(C(=O)N2CCN=C2Nc2c(Cl)cccc2Cl)o1. The maximum atomic E-state index is 12.5. The van der Waals surface area contributed by atoms with Crippen LogP contribution in [0, 0.1) is 6.92 Å². The summed E-state index contributed by atoms with van der Waals surface area (Å²) in [7, 11) is 0. The number of rotatable bonds is 2. The van der Waals surface area contributed by atoms with Crippen LogP contribution in [0.5, 0.6) is 0 Å². The summed E-state index contributed by atoms with van der Waals surface area (Å²) < 4.78 is 5.38. The summed E-state index contributed by atoms with van der Waals surface area (Å²) in [4.78, 5) is 18.3. The molecule has 0 atom stereocenters. The predicted octanol–water partition coefficient (Wildman–Crippen LogP) is 3.82. The van der Waals surface area contributed by atoms with E-state index in [1.54, 1.807) is 37.3 Å². The van der Waals surface area contributed by atoms with E-state index in [0.717, 1.165) is 0 Å². The lowest BCUT2D eigenvalue weighted by Crippen LogP contribution is -2.38. The average Bonchev–Trinajstić information content (AvgIpc) is 3.11. The Hall–Kier alpha value is -1.98. The zero-order chi connectivity index (χ0) is 15.7. The van der Waals surface area contributed by atoms with Gasteiger partial charge in [0.15, 0.2) is 5.76 Å². The highest BCUT2D eigenvalue weighted by Crippen LogP contribution is 2.30. The highest BCUT2D eigenvalue weighted by atomic mass is 35.5. The third-order valence-corrected chi connectivity index (χ3v) is 3.87. The molecule has 0 radical (unpaired) electrons. The summed E-state index contributed by atoms with van der Waals surface area (Å²) in [6, 6.07) is 8.58. The molecule has 7 heteroatoms. The number of carbonyl (C=O) groups excluding carboxylic acids is 1. The summed E-state index contributed by atoms with van der Waals surface area (Å²) >= 11 is 12.3. The molecule has 0 aliphatic carbocycles. The van der Waals surface area contributed by atoms with Crippen molar-refractivity contribution in [2.45, 2.75) is 6.92 Å². The van der Waals surface area contributed by atoms with Crippen LogP contribution >= 0.6 is 23.2 Å². The molecule has 5 nitrogen and oxygen atoms in total. The molecule has 0 saturated carbocycles. The van der Waals surface area contributed by atoms with Crippen LogP contribution < -0.4 is 5.32 Å². The number of amides is 1. The molecule has 0 bridgehead atoms. The first-order valence-corrected chi connectivity index (χ1v) is 7.45. The number of carbonyl (C=O) groups is 1. The second-order valence-corrected chi connectivity index (χ2v) is 5.61. The number of furan rings is 1. The third kappa shape index (κ3) is 2.82. The fourth-order valence-electron chi connectivity index (χ4n) is 2.16. The van der Waals surface area contributed by atoms with Crippen molar-refractivity contribution >= 4 is 40.8 Å². The first kappa shape index (κ1) is 14.9. The Balaban J connectivity index is 1.83. The first-order valence-electron chi connectivity index (χ1n) is 6.70. The van der Waals surface area contributed by atoms with Gasteiger partial charge in [-0.1, -0.05) is 29.3 Å². The van der Waals surface area contributed by atoms with E-state index in [9.17, 15) is 4.79 Å². The minimum atomic E-state index is -0.250. The molecule has 1 aliphatic heterocycles. The van der Waals surface area contributed by atoms with Crippen LogP contribution in [-0.4, -0.2) is 29.9 Å². The van der Waals surface area contributed by atoms with Crippen LogP contribution in [0.3, 0.4) is 0 Å². The number of guanidine groups is 1. The molecule has 2 aromatic rings. The van der Waals surface area contributed by atoms with Crippen LogP contribution in [0.4, 0.5) is 5.69 Å². The van der Waals surface area contributed by atoms with E-state index in [1.807, 2.05) is 0 Å². The lowest BCUT2D eigenvalue weighted by molar-refractivity contribution is 0.0826. The van der Waals surface area contributed by atoms with Gasteiger partial charge in [0, 0.05) is 6.54 Å². The Morgan fingerprint density at radius 3 is 2.64 bits per heavy atom. The standard InChI is InChI=1S/C15H13Cl2N3O2/c1-9-5-6-12(22-9)14(21)20-8-7-18-15(20)19-13-10(16)3-2-4-11(13)17/h2-6H,7-8H2,1H3,(H,18,19). The number of para-hydroxylation sites is 1. The van der Waals surface area contributed by atoms with E-state index >= 15 is 0 Å². The monoisotopic (exact) mass is 337 g/mol. The smallest absolute Gasteiger partial charge is 0.296 e. The van der Waals surface area contributed by atoms with Crippen molar-refractivity contribution in [3.63, 3.8) is 0 Å². The molecule has 0 saturated heterocycles. The molecule has 2 heterocycles. The molecule has 1 aromatic carbocycles. The predicted molar refractivity (Wildman–Crippen MR) is 86.9 cm³/mol. The van der Waals surface area contributed by atoms with E-state index in [4.69, 9.17) is 27.6 Å². The summed E-state index contributed by atoms with van der Waals surface area (Å²) in [5, 5.41) is 3.96. The highest BCUT2D eigenvalue weighted by molar-refractivity contribution is 6.39. The summed E-state index contributed by atoms with van der Waals surface area (Å²) in [5.74, 6) is 1.12. The van der Waals surface area contributed by atoms with Crippen molar-refractivity contribution in [3.05, 3.63) is 51.9 Å². The lowest BCUT2D eigenvalue weighted by Gasteiger charge is -2.19. The van der Waals surface area contributed by atoms with Crippen molar-refractivity contribution in [2.24, 2.45) is 4.99 Å². The fourth-order valence-corrected chi connectivity index (χ4v) is 2.66. The van der Waals surface area contributed by atoms with Gasteiger partial charge in [-0.25, -0.2) is 0 Å². The topological polar surface area (TPSA) is 57.8 Å². The van der Waals surface area contributed by atoms with E-state index in [2.05, 4.69) is 10.3 Å². The minimum Gasteiger partial charge on any atom is -0.456 e. The zero-order valence-electron chi connectivity index (χ0n) is 11.8. The van der Waals surface area contributed by atoms with E-state index in [0.29, 0.717) is 40.5 Å². The lowest BCUT2D eigenvalue weighted by atomic mass is 10.3. The molecule has 1 aliphatic rings. The molecular formula is C15H13Cl2N3O2. The van der Waals surface area contributed by atoms with E-state index in [-0.39, 0.29) is 11.7 Å². The van der Waals surface area contributed by atoms with E-state index in [1.165, 1.54) is 4.90 Å². The molecule has 3 rings (SSSR count). The maximum absolute atomic E-state index is 12.5. The number of benzene rings is 1. The molecular weight excluding hydrogens is 325 g/mol. The molecule has 1 N–H and O–H groups in total. The van der Waals surface area contributed by atoms with Gasteiger partial charge in [-0.05, 0) is 31.2 Å². The fraction of sp³-hybridized carbons (Fsp3) is 0.200. The van der Waals surface area contributed by atoms with Gasteiger partial charge in [0.1, 0.15) is 5.76 Å². The maximum Gasteiger partial charge on any atom is 0.296 e. The summed E-state index contributed by atoms with van der Waals surface area (Å²) in [5.41, 5.74) is 0.528. The minimum absolute atomic E-state index is 0.250. The van der Waals surface area contributed by atoms with Crippen LogP contribution in [0.25, 0.3) is 0 Å². The van der Waals surface area contributed by atoms with Gasteiger partial charge in [0.25, 0.3) is 5.91 Å². The van der Waals surface area contributed by atoms with Crippen molar-refractivity contribution in [3.8, 4) is 0 Å². The Labute approximate surface area is 137 Å². The summed E-state index contributed by atoms with van der Waals surface area (Å²) in [6.07, 6.45) is 0. The third-order valence-electron chi connectivity index (χ3n) is 3.24. The van der Waals surface area contributed by atoms with Gasteiger partial charge in [-0.2, -0.15) is 0 Å². The molecule has 1 amide bonds. The second kappa shape index (κ2) is 6.02. The quantitative estimate of drug-likeness (QED) is 0.906. The first-order chi connectivity index (χ1) is 10.6. The average molecular weight is 338 g/mol. The number of hydrogen-bond donors (Lipinski definition) is 1. The number of halogens is 2. The Morgan fingerprint density at radius 1 is 1.27 bits per heavy atom. The number of aryl methyl sites for hydroxylation is 1. The van der Waals surface area contributed by atoms with Crippen molar-refractivity contribution in [2.75, 3.05) is 18.4 Å². The molecule has 0 spiro atoms. The van der Waals surface area contributed by atoms with Crippen LogP contribution in [0.2, 0.25) is 10.0 Å². The summed E-state index contributed by atoms with van der Waals surface area (Å²) in [6.45, 7) is 2.77. The van der Waals surface area contributed by atoms with Crippen LogP contribution in [0.15, 0.2) is 39.7 Å². The number of hydrogen-bond acceptors (Lipinski definition) is 4. The van der Waals surface area contributed by atoms with Crippen molar-refractivity contribution < 1.29 is 9.21 Å². The second-order valence-electron chi connectivity index (χ2n) is 4.79. The van der Waals surface area contributed by atoms with Crippen LogP contribution in [-0.2, 0) is 0 Å². The van der Waals surface area contributed by atoms with Gasteiger partial charge in [0.2, 0.25) is 5.96 Å². The number of aliphatic imine (C=N–C) groups is 1. The van der Waals surface area contributed by atoms with Crippen molar-refractivity contribution in [1.82, 2.24) is 4.90 Å². The van der Waals surface area contributed by atoms with Gasteiger partial charge in [-0.15, -0.1) is 0 Å². The Kier molecular flexibility index (Phi) is 4.09. The Bertz CT molecular complexity index is 735. The van der Waals surface area contributed by atoms with Crippen molar-refractivity contribution in [1.29, 1.82) is 0 Å². The zero-order valence-corrected chi connectivity index (χ0v) is 13.3. The van der Waals surface area contributed by atoms with Crippen LogP contribution in [0.1, 0.15) is 16.3 Å². The van der Waals surface area contributed by atoms with Gasteiger partial charge in [0.05, 0.1) is 22.3 Å². The van der Waals surface area contributed by atoms with E-state index < -0.39 is 0 Å².